The Bertz CT molecular complexity index is 311. The van der Waals surface area contributed by atoms with Crippen LogP contribution >= 0.6 is 0 Å². The monoisotopic (exact) mass is 291 g/mol. The van der Waals surface area contributed by atoms with Gasteiger partial charge in [-0.05, 0) is 25.8 Å². The molecule has 0 aromatic carbocycles. The number of rotatable bonds is 3. The highest BCUT2D eigenvalue weighted by molar-refractivity contribution is 7.86. The number of nitrogens with one attached hydrogen (secondary N) is 1. The van der Waals surface area contributed by atoms with Crippen molar-refractivity contribution in [3.8, 4) is 0 Å². The van der Waals surface area contributed by atoms with Gasteiger partial charge in [0, 0.05) is 6.04 Å². The average molecular weight is 291 g/mol. The minimum Gasteiger partial charge on any atom is -0.314 e. The van der Waals surface area contributed by atoms with Gasteiger partial charge in [-0.25, -0.2) is 0 Å². The van der Waals surface area contributed by atoms with Gasteiger partial charge in [-0.3, -0.25) is 4.55 Å². The molecule has 0 bridgehead atoms. The molecule has 0 spiro atoms. The zero-order valence-electron chi connectivity index (χ0n) is 10.3. The first-order valence-corrected chi connectivity index (χ1v) is 7.39. The van der Waals surface area contributed by atoms with Crippen LogP contribution in [0.1, 0.15) is 45.4 Å². The van der Waals surface area contributed by atoms with Crippen LogP contribution in [0.15, 0.2) is 0 Å². The highest BCUT2D eigenvalue weighted by Crippen LogP contribution is 2.20. The maximum atomic E-state index is 10.7. The van der Waals surface area contributed by atoms with Crippen molar-refractivity contribution in [2.45, 2.75) is 57.0 Å². The van der Waals surface area contributed by atoms with Crippen LogP contribution in [0.5, 0.6) is 0 Å². The lowest BCUT2D eigenvalue weighted by Gasteiger charge is -2.22. The van der Waals surface area contributed by atoms with Gasteiger partial charge in [0.1, 0.15) is 0 Å². The molecule has 4 nitrogen and oxygen atoms in total. The second kappa shape index (κ2) is 7.96. The van der Waals surface area contributed by atoms with Crippen LogP contribution in [-0.4, -0.2) is 31.1 Å². The molecular formula is C10H20F3NO3S. The van der Waals surface area contributed by atoms with Crippen molar-refractivity contribution in [1.29, 1.82) is 0 Å². The molecule has 1 aliphatic rings. The summed E-state index contributed by atoms with van der Waals surface area (Å²) in [4.78, 5) is 0. The number of hydrogen-bond donors (Lipinski definition) is 2. The first-order chi connectivity index (χ1) is 8.18. The Kier molecular flexibility index (Phi) is 7.81. The Morgan fingerprint density at radius 3 is 2.00 bits per heavy atom. The summed E-state index contributed by atoms with van der Waals surface area (Å²) in [5, 5.41) is 3.57. The molecule has 0 heterocycles. The molecule has 1 aliphatic carbocycles. The zero-order chi connectivity index (χ0) is 14.2. The van der Waals surface area contributed by atoms with Crippen LogP contribution in [-0.2, 0) is 10.1 Å². The van der Waals surface area contributed by atoms with Gasteiger partial charge < -0.3 is 5.32 Å². The van der Waals surface area contributed by atoms with Gasteiger partial charge in [0.05, 0.1) is 0 Å². The summed E-state index contributed by atoms with van der Waals surface area (Å²) in [6, 6.07) is 0.855. The Morgan fingerprint density at radius 2 is 1.67 bits per heavy atom. The molecule has 8 heteroatoms. The van der Waals surface area contributed by atoms with E-state index in [0.29, 0.717) is 0 Å². The van der Waals surface area contributed by atoms with E-state index >= 15 is 0 Å². The molecule has 18 heavy (non-hydrogen) atoms. The van der Waals surface area contributed by atoms with Crippen LogP contribution in [0.2, 0.25) is 0 Å². The van der Waals surface area contributed by atoms with Gasteiger partial charge >= 0.3 is 15.6 Å². The van der Waals surface area contributed by atoms with E-state index in [1.807, 2.05) is 0 Å². The van der Waals surface area contributed by atoms with Crippen molar-refractivity contribution in [2.75, 3.05) is 6.54 Å². The second-order valence-corrected chi connectivity index (χ2v) is 5.62. The van der Waals surface area contributed by atoms with E-state index < -0.39 is 15.6 Å². The van der Waals surface area contributed by atoms with Crippen molar-refractivity contribution in [3.05, 3.63) is 0 Å². The first kappa shape index (κ1) is 17.7. The molecule has 0 radical (unpaired) electrons. The lowest BCUT2D eigenvalue weighted by Crippen LogP contribution is -2.31. The summed E-state index contributed by atoms with van der Waals surface area (Å²) in [7, 11) is -5.84. The summed E-state index contributed by atoms with van der Waals surface area (Å²) >= 11 is 0. The van der Waals surface area contributed by atoms with Gasteiger partial charge in [-0.1, -0.05) is 26.2 Å². The standard InChI is InChI=1S/C9H19N.CHF3O3S/c1-2-8-10-9-6-4-3-5-7-9;2-1(3,4)8(5,6)7/h9-10H,2-8H2,1H3;(H,5,6,7). The van der Waals surface area contributed by atoms with Gasteiger partial charge in [0.15, 0.2) is 0 Å². The molecule has 0 atom stereocenters. The van der Waals surface area contributed by atoms with E-state index in [4.69, 9.17) is 13.0 Å². The molecule has 110 valence electrons. The maximum Gasteiger partial charge on any atom is 0.522 e. The summed E-state index contributed by atoms with van der Waals surface area (Å²) in [5.74, 6) is 0. The SMILES string of the molecule is CCCNC1CCCCC1.O=S(=O)(O)C(F)(F)F. The van der Waals surface area contributed by atoms with Crippen LogP contribution in [0.4, 0.5) is 13.2 Å². The van der Waals surface area contributed by atoms with E-state index in [2.05, 4.69) is 12.2 Å². The molecule has 0 amide bonds. The van der Waals surface area contributed by atoms with Crippen LogP contribution in [0, 0.1) is 0 Å². The lowest BCUT2D eigenvalue weighted by molar-refractivity contribution is -0.0510. The minimum absolute atomic E-state index is 0.855. The Balaban J connectivity index is 0.000000331. The third-order valence-corrected chi connectivity index (χ3v) is 3.17. The maximum absolute atomic E-state index is 10.7. The number of halogens is 3. The molecule has 0 saturated heterocycles. The molecule has 0 unspecified atom stereocenters. The van der Waals surface area contributed by atoms with Crippen LogP contribution < -0.4 is 5.32 Å². The van der Waals surface area contributed by atoms with Crippen molar-refractivity contribution in [1.82, 2.24) is 5.32 Å². The molecule has 1 saturated carbocycles. The van der Waals surface area contributed by atoms with E-state index in [1.54, 1.807) is 0 Å². The fraction of sp³-hybridized carbons (Fsp3) is 1.00. The van der Waals surface area contributed by atoms with Gasteiger partial charge in [0.25, 0.3) is 0 Å². The minimum atomic E-state index is -5.84. The van der Waals surface area contributed by atoms with E-state index in [1.165, 1.54) is 45.1 Å². The van der Waals surface area contributed by atoms with Gasteiger partial charge in [-0.15, -0.1) is 0 Å². The van der Waals surface area contributed by atoms with Crippen molar-refractivity contribution in [3.63, 3.8) is 0 Å². The summed E-state index contributed by atoms with van der Waals surface area (Å²) in [6.07, 6.45) is 8.46. The number of hydrogen-bond acceptors (Lipinski definition) is 3. The summed E-state index contributed by atoms with van der Waals surface area (Å²) < 4.78 is 57.5. The lowest BCUT2D eigenvalue weighted by atomic mass is 9.95. The third kappa shape index (κ3) is 7.88. The van der Waals surface area contributed by atoms with E-state index in [0.717, 1.165) is 6.04 Å². The molecule has 1 fully saturated rings. The molecule has 1 rings (SSSR count). The number of alkyl halides is 3. The molecule has 0 aromatic heterocycles. The third-order valence-electron chi connectivity index (χ3n) is 2.58. The molecule has 0 aromatic rings. The largest absolute Gasteiger partial charge is 0.522 e. The highest BCUT2D eigenvalue weighted by atomic mass is 32.2. The fourth-order valence-electron chi connectivity index (χ4n) is 1.66. The summed E-state index contributed by atoms with van der Waals surface area (Å²) in [5.41, 5.74) is -5.53. The average Bonchev–Trinajstić information content (AvgIpc) is 2.26. The molecular weight excluding hydrogens is 271 g/mol. The smallest absolute Gasteiger partial charge is 0.314 e. The molecule has 0 aliphatic heterocycles. The van der Waals surface area contributed by atoms with Gasteiger partial charge in [0.2, 0.25) is 0 Å². The van der Waals surface area contributed by atoms with E-state index in [9.17, 15) is 13.2 Å². The quantitative estimate of drug-likeness (QED) is 0.620. The topological polar surface area (TPSA) is 66.4 Å². The Labute approximate surface area is 106 Å². The fourth-order valence-corrected chi connectivity index (χ4v) is 1.66. The van der Waals surface area contributed by atoms with E-state index in [-0.39, 0.29) is 0 Å². The van der Waals surface area contributed by atoms with Crippen molar-refractivity contribution >= 4 is 10.1 Å². The Morgan fingerprint density at radius 1 is 1.22 bits per heavy atom. The first-order valence-electron chi connectivity index (χ1n) is 5.95. The predicted molar refractivity (Wildman–Crippen MR) is 62.8 cm³/mol. The second-order valence-electron chi connectivity index (χ2n) is 4.21. The van der Waals surface area contributed by atoms with Gasteiger partial charge in [-0.2, -0.15) is 21.6 Å². The highest BCUT2D eigenvalue weighted by Gasteiger charge is 2.44. The molecule has 2 N–H and O–H groups in total. The van der Waals surface area contributed by atoms with Crippen LogP contribution in [0.25, 0.3) is 0 Å². The summed E-state index contributed by atoms with van der Waals surface area (Å²) in [6.45, 7) is 3.44. The normalized spacial score (nSPS) is 18.1. The van der Waals surface area contributed by atoms with Crippen molar-refractivity contribution in [2.24, 2.45) is 0 Å². The van der Waals surface area contributed by atoms with Crippen molar-refractivity contribution < 1.29 is 26.1 Å². The van der Waals surface area contributed by atoms with Crippen LogP contribution in [0.3, 0.4) is 0 Å². The Hall–Kier alpha value is -0.340. The zero-order valence-corrected chi connectivity index (χ0v) is 11.1. The predicted octanol–water partition coefficient (Wildman–Crippen LogP) is 2.71.